The first-order chi connectivity index (χ1) is 13.4. The number of carbonyl (C=O) groups excluding carboxylic acids is 2. The normalized spacial score (nSPS) is 20.2. The molecule has 0 aromatic heterocycles. The molecule has 0 aliphatic carbocycles. The van der Waals surface area contributed by atoms with Crippen molar-refractivity contribution in [3.05, 3.63) is 24.3 Å². The summed E-state index contributed by atoms with van der Waals surface area (Å²) >= 11 is 0. The monoisotopic (exact) mass is 391 g/mol. The molecule has 0 spiro atoms. The molecule has 1 fully saturated rings. The van der Waals surface area contributed by atoms with E-state index in [1.165, 1.54) is 23.6 Å². The Kier molecular flexibility index (Phi) is 5.47. The highest BCUT2D eigenvalue weighted by atomic mass is 16.5. The Morgan fingerprint density at radius 3 is 2.50 bits per heavy atom. The third-order valence-corrected chi connectivity index (χ3v) is 4.57. The van der Waals surface area contributed by atoms with Crippen molar-refractivity contribution in [1.82, 2.24) is 15.2 Å². The van der Waals surface area contributed by atoms with Crippen LogP contribution in [0.2, 0.25) is 0 Å². The molecule has 11 heteroatoms. The van der Waals surface area contributed by atoms with E-state index in [1.807, 2.05) is 0 Å². The minimum absolute atomic E-state index is 0.0124. The first-order valence-corrected chi connectivity index (χ1v) is 8.56. The molecule has 2 aliphatic heterocycles. The van der Waals surface area contributed by atoms with Gasteiger partial charge in [-0.1, -0.05) is 4.99 Å². The summed E-state index contributed by atoms with van der Waals surface area (Å²) in [5.41, 5.74) is 2.41. The van der Waals surface area contributed by atoms with Crippen LogP contribution in [0.4, 0.5) is 4.79 Å². The van der Waals surface area contributed by atoms with Crippen molar-refractivity contribution in [2.75, 3.05) is 34.4 Å². The van der Waals surface area contributed by atoms with Crippen LogP contribution in [0.15, 0.2) is 29.3 Å². The molecular weight excluding hydrogens is 368 g/mol. The molecule has 11 nitrogen and oxygen atoms in total. The lowest BCUT2D eigenvalue weighted by Gasteiger charge is -2.32. The SMILES string of the molecule is COc1ccc(OCC(O)C[N+]2=C(NN)N=C3C2C(=O)N(C)C(=O)N3C)cc1. The second-order valence-electron chi connectivity index (χ2n) is 6.37. The van der Waals surface area contributed by atoms with E-state index in [9.17, 15) is 14.7 Å². The summed E-state index contributed by atoms with van der Waals surface area (Å²) in [5.74, 6) is 6.77. The summed E-state index contributed by atoms with van der Waals surface area (Å²) < 4.78 is 12.2. The summed E-state index contributed by atoms with van der Waals surface area (Å²) in [6.07, 6.45) is -0.943. The van der Waals surface area contributed by atoms with Crippen LogP contribution in [0.25, 0.3) is 0 Å². The first-order valence-electron chi connectivity index (χ1n) is 8.56. The number of nitrogens with two attached hydrogens (primary N) is 1. The number of aliphatic hydroxyl groups is 1. The molecule has 0 bridgehead atoms. The minimum atomic E-state index is -0.943. The zero-order valence-corrected chi connectivity index (χ0v) is 15.8. The van der Waals surface area contributed by atoms with Gasteiger partial charge in [0, 0.05) is 14.1 Å². The zero-order chi connectivity index (χ0) is 20.4. The van der Waals surface area contributed by atoms with Gasteiger partial charge in [-0.2, -0.15) is 5.84 Å². The maximum absolute atomic E-state index is 12.6. The smallest absolute Gasteiger partial charge is 0.407 e. The van der Waals surface area contributed by atoms with Crippen molar-refractivity contribution in [2.24, 2.45) is 10.8 Å². The molecule has 1 aromatic carbocycles. The molecule has 3 amide bonds. The number of amides is 3. The highest BCUT2D eigenvalue weighted by Crippen LogP contribution is 2.19. The van der Waals surface area contributed by atoms with Gasteiger partial charge in [0.25, 0.3) is 5.91 Å². The number of aliphatic hydroxyl groups excluding tert-OH is 1. The third kappa shape index (κ3) is 3.49. The number of carbonyl (C=O) groups is 2. The van der Waals surface area contributed by atoms with Crippen LogP contribution < -0.4 is 20.7 Å². The number of amidine groups is 1. The third-order valence-electron chi connectivity index (χ3n) is 4.57. The molecule has 0 radical (unpaired) electrons. The Hall–Kier alpha value is -3.18. The van der Waals surface area contributed by atoms with Crippen molar-refractivity contribution in [1.29, 1.82) is 0 Å². The fourth-order valence-corrected chi connectivity index (χ4v) is 3.05. The number of fused-ring (bicyclic) bond motifs is 1. The molecule has 3 rings (SSSR count). The van der Waals surface area contributed by atoms with Gasteiger partial charge in [0.05, 0.1) is 13.7 Å². The van der Waals surface area contributed by atoms with Crippen LogP contribution in [0.5, 0.6) is 11.5 Å². The van der Waals surface area contributed by atoms with Crippen molar-refractivity contribution >= 4 is 23.7 Å². The molecule has 1 saturated heterocycles. The standard InChI is InChI=1S/C17H22N6O5/c1-21-14-13(15(25)22(2)17(21)26)23(16(19-14)20-18)8-10(24)9-28-12-6-4-11(27-3)5-7-12/h4-7,10,13,24H,8-9,18H2,1-3H3/p+1. The lowest BCUT2D eigenvalue weighted by atomic mass is 10.1. The van der Waals surface area contributed by atoms with Gasteiger partial charge in [-0.25, -0.2) is 14.8 Å². The summed E-state index contributed by atoms with van der Waals surface area (Å²) in [6.45, 7) is 0.0104. The molecule has 2 atom stereocenters. The summed E-state index contributed by atoms with van der Waals surface area (Å²) in [6, 6.07) is 5.60. The van der Waals surface area contributed by atoms with E-state index in [-0.39, 0.29) is 24.9 Å². The maximum Gasteiger partial charge on any atom is 0.407 e. The second-order valence-corrected chi connectivity index (χ2v) is 6.37. The number of imide groups is 1. The molecular formula is C17H23N6O5+. The van der Waals surface area contributed by atoms with Gasteiger partial charge in [-0.15, -0.1) is 0 Å². The number of nitrogens with zero attached hydrogens (tertiary/aromatic N) is 4. The average molecular weight is 391 g/mol. The average Bonchev–Trinajstić information content (AvgIpc) is 3.07. The van der Waals surface area contributed by atoms with Gasteiger partial charge in [-0.05, 0) is 24.3 Å². The molecule has 2 aliphatic rings. The minimum Gasteiger partial charge on any atom is -0.497 e. The van der Waals surface area contributed by atoms with Gasteiger partial charge in [0.2, 0.25) is 11.9 Å². The Morgan fingerprint density at radius 1 is 1.25 bits per heavy atom. The second kappa shape index (κ2) is 7.82. The van der Waals surface area contributed by atoms with E-state index in [0.29, 0.717) is 11.5 Å². The van der Waals surface area contributed by atoms with Crippen molar-refractivity contribution in [3.63, 3.8) is 0 Å². The van der Waals surface area contributed by atoms with E-state index >= 15 is 0 Å². The van der Waals surface area contributed by atoms with Crippen LogP contribution in [-0.4, -0.2) is 89.7 Å². The number of benzene rings is 1. The molecule has 2 unspecified atom stereocenters. The van der Waals surface area contributed by atoms with Gasteiger partial charge >= 0.3 is 12.0 Å². The maximum atomic E-state index is 12.6. The van der Waals surface area contributed by atoms with E-state index < -0.39 is 24.1 Å². The van der Waals surface area contributed by atoms with E-state index in [2.05, 4.69) is 10.4 Å². The Morgan fingerprint density at radius 2 is 1.89 bits per heavy atom. The first kappa shape index (κ1) is 19.6. The van der Waals surface area contributed by atoms with Crippen LogP contribution >= 0.6 is 0 Å². The van der Waals surface area contributed by atoms with Crippen LogP contribution in [-0.2, 0) is 4.79 Å². The predicted octanol–water partition coefficient (Wildman–Crippen LogP) is -1.43. The van der Waals surface area contributed by atoms with Crippen molar-refractivity contribution in [2.45, 2.75) is 12.1 Å². The van der Waals surface area contributed by atoms with Crippen LogP contribution in [0.3, 0.4) is 0 Å². The van der Waals surface area contributed by atoms with Gasteiger partial charge in [0.1, 0.15) is 24.2 Å². The molecule has 2 heterocycles. The van der Waals surface area contributed by atoms with Crippen LogP contribution in [0.1, 0.15) is 0 Å². The van der Waals surface area contributed by atoms with Crippen LogP contribution in [0, 0.1) is 0 Å². The fourth-order valence-electron chi connectivity index (χ4n) is 3.05. The number of aliphatic imine (C=N–C) groups is 1. The number of methoxy groups -OCH3 is 1. The van der Waals surface area contributed by atoms with E-state index in [1.54, 1.807) is 31.4 Å². The van der Waals surface area contributed by atoms with E-state index in [4.69, 9.17) is 15.3 Å². The summed E-state index contributed by atoms with van der Waals surface area (Å²) in [4.78, 5) is 31.2. The molecule has 4 N–H and O–H groups in total. The number of nitrogens with one attached hydrogen (secondary N) is 1. The molecule has 28 heavy (non-hydrogen) atoms. The lowest BCUT2D eigenvalue weighted by Crippen LogP contribution is -2.62. The van der Waals surface area contributed by atoms with Crippen molar-refractivity contribution in [3.8, 4) is 11.5 Å². The lowest BCUT2D eigenvalue weighted by molar-refractivity contribution is -0.545. The number of hydrogen-bond donors (Lipinski definition) is 3. The number of urea groups is 1. The summed E-state index contributed by atoms with van der Waals surface area (Å²) in [7, 11) is 4.49. The number of likely N-dealkylation sites (N-methyl/N-ethyl adjacent to an activating group) is 2. The van der Waals surface area contributed by atoms with E-state index in [0.717, 1.165) is 4.90 Å². The predicted molar refractivity (Wildman–Crippen MR) is 99.1 cm³/mol. The van der Waals surface area contributed by atoms with Gasteiger partial charge < -0.3 is 14.6 Å². The molecule has 0 saturated carbocycles. The summed E-state index contributed by atoms with van der Waals surface area (Å²) in [5, 5.41) is 10.4. The van der Waals surface area contributed by atoms with Gasteiger partial charge in [0.15, 0.2) is 0 Å². The number of β-amino-alcohol motifs (C(OH)–C–C–N with tert-alkyl or cyclic N) is 1. The Labute approximate surface area is 161 Å². The quantitative estimate of drug-likeness (QED) is 0.308. The van der Waals surface area contributed by atoms with Crippen molar-refractivity contribution < 1.29 is 28.7 Å². The Bertz CT molecular complexity index is 837. The molecule has 150 valence electrons. The highest BCUT2D eigenvalue weighted by molar-refractivity contribution is 6.22. The largest absolute Gasteiger partial charge is 0.497 e. The number of hydrogen-bond acceptors (Lipinski definition) is 8. The zero-order valence-electron chi connectivity index (χ0n) is 15.8. The Balaban J connectivity index is 1.69. The fraction of sp³-hybridized carbons (Fsp3) is 0.412. The molecule has 1 aromatic rings. The number of hydrazine groups is 1. The number of rotatable bonds is 6. The number of ether oxygens (including phenoxy) is 2. The number of guanidine groups is 1. The highest BCUT2D eigenvalue weighted by Gasteiger charge is 2.51. The topological polar surface area (TPSA) is 133 Å². The van der Waals surface area contributed by atoms with Gasteiger partial charge in [-0.3, -0.25) is 14.6 Å².